The van der Waals surface area contributed by atoms with Crippen LogP contribution in [-0.2, 0) is 25.3 Å². The zero-order valence-electron chi connectivity index (χ0n) is 13.8. The predicted octanol–water partition coefficient (Wildman–Crippen LogP) is 2.20. The van der Waals surface area contributed by atoms with Crippen LogP contribution in [0, 0.1) is 0 Å². The van der Waals surface area contributed by atoms with Crippen molar-refractivity contribution in [1.82, 2.24) is 5.32 Å². The summed E-state index contributed by atoms with van der Waals surface area (Å²) in [6, 6.07) is 3.47. The van der Waals surface area contributed by atoms with Crippen LogP contribution in [-0.4, -0.2) is 41.4 Å². The van der Waals surface area contributed by atoms with Crippen LogP contribution in [0.1, 0.15) is 18.9 Å². The van der Waals surface area contributed by atoms with E-state index in [1.165, 1.54) is 12.1 Å². The van der Waals surface area contributed by atoms with Gasteiger partial charge in [-0.25, -0.2) is 4.79 Å². The topological polar surface area (TPSA) is 84.5 Å². The number of carbonyl (C=O) groups excluding carboxylic acids is 3. The van der Waals surface area contributed by atoms with Crippen molar-refractivity contribution >= 4 is 35.2 Å². The van der Waals surface area contributed by atoms with Crippen LogP contribution >= 0.6 is 11.8 Å². The molecular weight excluding hydrogens is 373 g/mol. The molecule has 0 aliphatic carbocycles. The Labute approximate surface area is 151 Å². The molecule has 6 nitrogen and oxygen atoms in total. The third kappa shape index (κ3) is 5.38. The molecule has 1 heterocycles. The summed E-state index contributed by atoms with van der Waals surface area (Å²) in [6.07, 6.45) is -4.73. The van der Waals surface area contributed by atoms with Gasteiger partial charge in [-0.1, -0.05) is 6.07 Å². The minimum Gasteiger partial charge on any atom is -0.464 e. The lowest BCUT2D eigenvalue weighted by molar-refractivity contribution is -0.146. The number of esters is 1. The highest BCUT2D eigenvalue weighted by Crippen LogP contribution is 2.31. The zero-order valence-corrected chi connectivity index (χ0v) is 14.6. The number of anilines is 1. The Morgan fingerprint density at radius 3 is 2.73 bits per heavy atom. The SMILES string of the molecule is CCOC(=O)[C@H]1CS[C@H](CC(=O)Nc2cccc(C(F)(F)F)c2)C(=O)N1. The summed E-state index contributed by atoms with van der Waals surface area (Å²) in [4.78, 5) is 35.7. The van der Waals surface area contributed by atoms with Gasteiger partial charge in [0.15, 0.2) is 0 Å². The Morgan fingerprint density at radius 1 is 1.38 bits per heavy atom. The van der Waals surface area contributed by atoms with Gasteiger partial charge in [-0.2, -0.15) is 13.2 Å². The first-order chi connectivity index (χ1) is 12.2. The number of ether oxygens (including phenoxy) is 1. The molecule has 0 radical (unpaired) electrons. The number of nitrogens with one attached hydrogen (secondary N) is 2. The lowest BCUT2D eigenvalue weighted by Gasteiger charge is -2.27. The Kier molecular flexibility index (Phi) is 6.52. The first-order valence-electron chi connectivity index (χ1n) is 7.76. The van der Waals surface area contributed by atoms with E-state index in [0.29, 0.717) is 0 Å². The fraction of sp³-hybridized carbons (Fsp3) is 0.438. The number of carbonyl (C=O) groups is 3. The minimum absolute atomic E-state index is 0.00422. The quantitative estimate of drug-likeness (QED) is 0.753. The van der Waals surface area contributed by atoms with Crippen LogP contribution in [0.2, 0.25) is 0 Å². The van der Waals surface area contributed by atoms with Crippen molar-refractivity contribution in [3.8, 4) is 0 Å². The van der Waals surface area contributed by atoms with Gasteiger partial charge in [0.25, 0.3) is 0 Å². The highest BCUT2D eigenvalue weighted by atomic mass is 32.2. The molecule has 0 aromatic heterocycles. The number of hydrogen-bond acceptors (Lipinski definition) is 5. The van der Waals surface area contributed by atoms with E-state index in [9.17, 15) is 27.6 Å². The third-order valence-electron chi connectivity index (χ3n) is 3.49. The summed E-state index contributed by atoms with van der Waals surface area (Å²) in [5, 5.41) is 4.11. The summed E-state index contributed by atoms with van der Waals surface area (Å²) < 4.78 is 42.9. The zero-order chi connectivity index (χ0) is 19.3. The molecule has 10 heteroatoms. The first-order valence-corrected chi connectivity index (χ1v) is 8.81. The molecule has 2 atom stereocenters. The van der Waals surface area contributed by atoms with Crippen molar-refractivity contribution in [3.63, 3.8) is 0 Å². The Morgan fingerprint density at radius 2 is 2.12 bits per heavy atom. The maximum atomic E-state index is 12.7. The molecule has 1 aliphatic heterocycles. The predicted molar refractivity (Wildman–Crippen MR) is 89.5 cm³/mol. The van der Waals surface area contributed by atoms with E-state index in [1.54, 1.807) is 6.92 Å². The van der Waals surface area contributed by atoms with Gasteiger partial charge >= 0.3 is 12.1 Å². The van der Waals surface area contributed by atoms with Gasteiger partial charge in [0.1, 0.15) is 6.04 Å². The second-order valence-corrected chi connectivity index (χ2v) is 6.70. The van der Waals surface area contributed by atoms with Crippen LogP contribution in [0.25, 0.3) is 0 Å². The van der Waals surface area contributed by atoms with E-state index in [2.05, 4.69) is 10.6 Å². The molecule has 26 heavy (non-hydrogen) atoms. The lowest BCUT2D eigenvalue weighted by atomic mass is 10.2. The van der Waals surface area contributed by atoms with Crippen LogP contribution in [0.4, 0.5) is 18.9 Å². The van der Waals surface area contributed by atoms with E-state index >= 15 is 0 Å². The number of thioether (sulfide) groups is 1. The summed E-state index contributed by atoms with van der Waals surface area (Å²) >= 11 is 1.13. The van der Waals surface area contributed by atoms with Crippen LogP contribution in [0.3, 0.4) is 0 Å². The molecule has 2 N–H and O–H groups in total. The largest absolute Gasteiger partial charge is 0.464 e. The van der Waals surface area contributed by atoms with E-state index in [0.717, 1.165) is 23.9 Å². The van der Waals surface area contributed by atoms with Gasteiger partial charge in [-0.15, -0.1) is 11.8 Å². The standard InChI is InChI=1S/C16H17F3N2O4S/c1-2-25-15(24)11-8-26-12(14(23)21-11)7-13(22)20-10-5-3-4-9(6-10)16(17,18)19/h3-6,11-12H,2,7-8H2,1H3,(H,20,22)(H,21,23)/t11-,12-/m1/s1. The van der Waals surface area contributed by atoms with Gasteiger partial charge in [-0.3, -0.25) is 9.59 Å². The highest BCUT2D eigenvalue weighted by molar-refractivity contribution is 8.00. The first kappa shape index (κ1) is 20.1. The molecule has 0 saturated carbocycles. The monoisotopic (exact) mass is 390 g/mol. The smallest absolute Gasteiger partial charge is 0.416 e. The molecule has 2 amide bonds. The molecule has 0 bridgehead atoms. The molecule has 1 fully saturated rings. The Hall–Kier alpha value is -2.23. The summed E-state index contributed by atoms with van der Waals surface area (Å²) in [6.45, 7) is 1.84. The number of hydrogen-bond donors (Lipinski definition) is 2. The number of alkyl halides is 3. The Bertz CT molecular complexity index is 696. The number of amides is 2. The molecule has 1 saturated heterocycles. The van der Waals surface area contributed by atoms with Crippen molar-refractivity contribution in [2.45, 2.75) is 30.8 Å². The molecule has 1 aliphatic rings. The van der Waals surface area contributed by atoms with Crippen molar-refractivity contribution in [2.75, 3.05) is 17.7 Å². The van der Waals surface area contributed by atoms with Gasteiger partial charge in [0.05, 0.1) is 17.4 Å². The summed E-state index contributed by atoms with van der Waals surface area (Å²) in [7, 11) is 0. The van der Waals surface area contributed by atoms with Crippen LogP contribution in [0.5, 0.6) is 0 Å². The second-order valence-electron chi connectivity index (χ2n) is 5.47. The van der Waals surface area contributed by atoms with Crippen molar-refractivity contribution in [2.24, 2.45) is 0 Å². The summed E-state index contributed by atoms with van der Waals surface area (Å²) in [5.74, 6) is -1.36. The molecule has 0 unspecified atom stereocenters. The van der Waals surface area contributed by atoms with Gasteiger partial charge in [0, 0.05) is 17.9 Å². The van der Waals surface area contributed by atoms with E-state index < -0.39 is 40.8 Å². The summed E-state index contributed by atoms with van der Waals surface area (Å²) in [5.41, 5.74) is -0.882. The average molecular weight is 390 g/mol. The van der Waals surface area contributed by atoms with Crippen molar-refractivity contribution < 1.29 is 32.3 Å². The maximum Gasteiger partial charge on any atom is 0.416 e. The molecule has 142 valence electrons. The van der Waals surface area contributed by atoms with Crippen molar-refractivity contribution in [3.05, 3.63) is 29.8 Å². The second kappa shape index (κ2) is 8.43. The number of benzene rings is 1. The molecular formula is C16H17F3N2O4S. The molecule has 0 spiro atoms. The lowest BCUT2D eigenvalue weighted by Crippen LogP contribution is -2.51. The fourth-order valence-corrected chi connectivity index (χ4v) is 3.40. The Balaban J connectivity index is 1.91. The molecule has 2 rings (SSSR count). The minimum atomic E-state index is -4.51. The maximum absolute atomic E-state index is 12.7. The van der Waals surface area contributed by atoms with Crippen molar-refractivity contribution in [1.29, 1.82) is 0 Å². The fourth-order valence-electron chi connectivity index (χ4n) is 2.27. The van der Waals surface area contributed by atoms with E-state index in [-0.39, 0.29) is 24.5 Å². The molecule has 1 aromatic carbocycles. The van der Waals surface area contributed by atoms with Gasteiger partial charge in [-0.05, 0) is 25.1 Å². The van der Waals surface area contributed by atoms with Gasteiger partial charge in [0.2, 0.25) is 11.8 Å². The molecule has 1 aromatic rings. The van der Waals surface area contributed by atoms with Crippen LogP contribution in [0.15, 0.2) is 24.3 Å². The van der Waals surface area contributed by atoms with E-state index in [4.69, 9.17) is 4.74 Å². The number of rotatable bonds is 5. The van der Waals surface area contributed by atoms with Crippen LogP contribution < -0.4 is 10.6 Å². The average Bonchev–Trinajstić information content (AvgIpc) is 2.56. The van der Waals surface area contributed by atoms with Gasteiger partial charge < -0.3 is 15.4 Å². The van der Waals surface area contributed by atoms with E-state index in [1.807, 2.05) is 0 Å². The highest BCUT2D eigenvalue weighted by Gasteiger charge is 2.34. The third-order valence-corrected chi connectivity index (χ3v) is 4.80. The normalized spacial score (nSPS) is 20.2. The number of halogens is 3.